The lowest BCUT2D eigenvalue weighted by molar-refractivity contribution is -0.121. The van der Waals surface area contributed by atoms with E-state index in [2.05, 4.69) is 5.32 Å². The summed E-state index contributed by atoms with van der Waals surface area (Å²) >= 11 is 0. The minimum absolute atomic E-state index is 0.0439. The summed E-state index contributed by atoms with van der Waals surface area (Å²) in [5.41, 5.74) is 2.55. The van der Waals surface area contributed by atoms with Crippen LogP contribution in [-0.4, -0.2) is 38.1 Å². The van der Waals surface area contributed by atoms with E-state index in [0.717, 1.165) is 24.0 Å². The van der Waals surface area contributed by atoms with Crippen LogP contribution in [0.4, 0.5) is 5.69 Å². The number of carbonyl (C=O) groups excluding carboxylic acids is 1. The van der Waals surface area contributed by atoms with Gasteiger partial charge in [0, 0.05) is 19.0 Å². The van der Waals surface area contributed by atoms with Crippen molar-refractivity contribution in [3.05, 3.63) is 59.7 Å². The molecule has 0 aliphatic heterocycles. The maximum Gasteiger partial charge on any atom is 0.264 e. The first-order chi connectivity index (χ1) is 14.3. The Labute approximate surface area is 179 Å². The number of rotatable bonds is 7. The van der Waals surface area contributed by atoms with Crippen LogP contribution in [0.3, 0.4) is 0 Å². The van der Waals surface area contributed by atoms with Gasteiger partial charge >= 0.3 is 0 Å². The molecule has 162 valence electrons. The van der Waals surface area contributed by atoms with Gasteiger partial charge in [-0.15, -0.1) is 0 Å². The third-order valence-electron chi connectivity index (χ3n) is 5.53. The van der Waals surface area contributed by atoms with Gasteiger partial charge in [0.15, 0.2) is 0 Å². The van der Waals surface area contributed by atoms with E-state index < -0.39 is 10.0 Å². The number of anilines is 1. The average molecular weight is 431 g/mol. The first kappa shape index (κ1) is 22.3. The highest BCUT2D eigenvalue weighted by Crippen LogP contribution is 2.25. The number of aryl methyl sites for hydroxylation is 2. The molecule has 0 radical (unpaired) electrons. The number of sulfonamides is 1. The van der Waals surface area contributed by atoms with Crippen LogP contribution >= 0.6 is 0 Å². The fourth-order valence-corrected chi connectivity index (χ4v) is 5.13. The Morgan fingerprint density at radius 3 is 2.07 bits per heavy atom. The van der Waals surface area contributed by atoms with E-state index in [4.69, 9.17) is 0 Å². The molecule has 1 fully saturated rings. The van der Waals surface area contributed by atoms with Gasteiger partial charge in [-0.2, -0.15) is 0 Å². The standard InChI is InChI=1S/C23H30N2O4S/c1-17-3-9-20(10-4-17)25(30(28,29)22-13-5-18(2)6-14-22)16-15-23(27)24-19-7-11-21(26)12-8-19/h3-6,9-10,13-14,19,21,26H,7-8,11-12,15-16H2,1-2H3,(H,24,27). The Kier molecular flexibility index (Phi) is 7.15. The Balaban J connectivity index is 1.75. The SMILES string of the molecule is Cc1ccc(N(CCC(=O)NC2CCC(O)CC2)S(=O)(=O)c2ccc(C)cc2)cc1. The Hall–Kier alpha value is -2.38. The van der Waals surface area contributed by atoms with Gasteiger partial charge in [0.05, 0.1) is 16.7 Å². The molecule has 2 aromatic carbocycles. The van der Waals surface area contributed by atoms with Crippen molar-refractivity contribution in [1.82, 2.24) is 5.32 Å². The fraction of sp³-hybridized carbons (Fsp3) is 0.435. The van der Waals surface area contributed by atoms with Crippen molar-refractivity contribution < 1.29 is 18.3 Å². The first-order valence-electron chi connectivity index (χ1n) is 10.4. The van der Waals surface area contributed by atoms with Crippen molar-refractivity contribution in [2.75, 3.05) is 10.8 Å². The molecular weight excluding hydrogens is 400 g/mol. The lowest BCUT2D eigenvalue weighted by Gasteiger charge is -2.27. The summed E-state index contributed by atoms with van der Waals surface area (Å²) in [4.78, 5) is 12.7. The van der Waals surface area contributed by atoms with Gasteiger partial charge in [-0.25, -0.2) is 8.42 Å². The molecule has 0 unspecified atom stereocenters. The minimum Gasteiger partial charge on any atom is -0.393 e. The van der Waals surface area contributed by atoms with Crippen LogP contribution in [0.5, 0.6) is 0 Å². The van der Waals surface area contributed by atoms with Crippen molar-refractivity contribution in [3.63, 3.8) is 0 Å². The van der Waals surface area contributed by atoms with Crippen molar-refractivity contribution in [2.24, 2.45) is 0 Å². The zero-order chi connectivity index (χ0) is 21.7. The molecule has 7 heteroatoms. The number of carbonyl (C=O) groups is 1. The van der Waals surface area contributed by atoms with Crippen molar-refractivity contribution in [1.29, 1.82) is 0 Å². The van der Waals surface area contributed by atoms with E-state index in [9.17, 15) is 18.3 Å². The quantitative estimate of drug-likeness (QED) is 0.706. The molecule has 1 amide bonds. The maximum absolute atomic E-state index is 13.3. The molecule has 1 saturated carbocycles. The highest BCUT2D eigenvalue weighted by molar-refractivity contribution is 7.92. The lowest BCUT2D eigenvalue weighted by Crippen LogP contribution is -2.41. The monoisotopic (exact) mass is 430 g/mol. The molecule has 0 spiro atoms. The van der Waals surface area contributed by atoms with Crippen LogP contribution < -0.4 is 9.62 Å². The van der Waals surface area contributed by atoms with Crippen molar-refractivity contribution >= 4 is 21.6 Å². The van der Waals surface area contributed by atoms with Crippen LogP contribution in [0, 0.1) is 13.8 Å². The molecular formula is C23H30N2O4S. The van der Waals surface area contributed by atoms with Crippen LogP contribution in [0.2, 0.25) is 0 Å². The van der Waals surface area contributed by atoms with Gasteiger partial charge in [-0.3, -0.25) is 9.10 Å². The third-order valence-corrected chi connectivity index (χ3v) is 7.38. The summed E-state index contributed by atoms with van der Waals surface area (Å²) in [5, 5.41) is 12.6. The fourth-order valence-electron chi connectivity index (χ4n) is 3.66. The topological polar surface area (TPSA) is 86.7 Å². The molecule has 1 aliphatic rings. The second kappa shape index (κ2) is 9.62. The zero-order valence-electron chi connectivity index (χ0n) is 17.5. The Morgan fingerprint density at radius 2 is 1.50 bits per heavy atom. The number of aliphatic hydroxyl groups is 1. The van der Waals surface area contributed by atoms with Crippen molar-refractivity contribution in [3.8, 4) is 0 Å². The van der Waals surface area contributed by atoms with Gasteiger partial charge in [0.2, 0.25) is 5.91 Å². The van der Waals surface area contributed by atoms with Gasteiger partial charge in [-0.05, 0) is 63.8 Å². The number of hydrogen-bond donors (Lipinski definition) is 2. The van der Waals surface area contributed by atoms with Crippen LogP contribution in [0.15, 0.2) is 53.4 Å². The zero-order valence-corrected chi connectivity index (χ0v) is 18.4. The molecule has 2 aromatic rings. The predicted molar refractivity (Wildman–Crippen MR) is 118 cm³/mol. The summed E-state index contributed by atoms with van der Waals surface area (Å²) in [5.74, 6) is -0.174. The molecule has 3 rings (SSSR count). The highest BCUT2D eigenvalue weighted by atomic mass is 32.2. The van der Waals surface area contributed by atoms with Crippen LogP contribution in [0.1, 0.15) is 43.2 Å². The number of nitrogens with zero attached hydrogens (tertiary/aromatic N) is 1. The van der Waals surface area contributed by atoms with E-state index in [-0.39, 0.29) is 35.9 Å². The van der Waals surface area contributed by atoms with Gasteiger partial charge < -0.3 is 10.4 Å². The summed E-state index contributed by atoms with van der Waals surface area (Å²) in [7, 11) is -3.80. The predicted octanol–water partition coefficient (Wildman–Crippen LogP) is 3.31. The Bertz CT molecular complexity index is 948. The van der Waals surface area contributed by atoms with E-state index in [1.165, 1.54) is 4.31 Å². The van der Waals surface area contributed by atoms with E-state index >= 15 is 0 Å². The largest absolute Gasteiger partial charge is 0.393 e. The highest BCUT2D eigenvalue weighted by Gasteiger charge is 2.26. The molecule has 0 saturated heterocycles. The smallest absolute Gasteiger partial charge is 0.264 e. The molecule has 30 heavy (non-hydrogen) atoms. The second-order valence-electron chi connectivity index (χ2n) is 8.05. The van der Waals surface area contributed by atoms with Gasteiger partial charge in [-0.1, -0.05) is 35.4 Å². The van der Waals surface area contributed by atoms with Crippen molar-refractivity contribution in [2.45, 2.75) is 63.0 Å². The summed E-state index contributed by atoms with van der Waals surface area (Å²) in [6.45, 7) is 3.90. The summed E-state index contributed by atoms with van der Waals surface area (Å²) in [6, 6.07) is 14.0. The molecule has 0 aromatic heterocycles. The minimum atomic E-state index is -3.80. The molecule has 0 bridgehead atoms. The van der Waals surface area contributed by atoms with Gasteiger partial charge in [0.25, 0.3) is 10.0 Å². The molecule has 0 heterocycles. The second-order valence-corrected chi connectivity index (χ2v) is 9.91. The summed E-state index contributed by atoms with van der Waals surface area (Å²) < 4.78 is 28.0. The van der Waals surface area contributed by atoms with E-state index in [1.807, 2.05) is 26.0 Å². The molecule has 0 atom stereocenters. The number of amides is 1. The maximum atomic E-state index is 13.3. The molecule has 2 N–H and O–H groups in total. The first-order valence-corrected chi connectivity index (χ1v) is 11.8. The number of aliphatic hydroxyl groups excluding tert-OH is 1. The average Bonchev–Trinajstić information content (AvgIpc) is 2.71. The van der Waals surface area contributed by atoms with Crippen LogP contribution in [0.25, 0.3) is 0 Å². The van der Waals surface area contributed by atoms with E-state index in [1.54, 1.807) is 36.4 Å². The van der Waals surface area contributed by atoms with Crippen LogP contribution in [-0.2, 0) is 14.8 Å². The number of hydrogen-bond acceptors (Lipinski definition) is 4. The third kappa shape index (κ3) is 5.61. The summed E-state index contributed by atoms with van der Waals surface area (Å²) in [6.07, 6.45) is 2.64. The molecule has 1 aliphatic carbocycles. The lowest BCUT2D eigenvalue weighted by atomic mass is 9.93. The molecule has 6 nitrogen and oxygen atoms in total. The van der Waals surface area contributed by atoms with Gasteiger partial charge in [0.1, 0.15) is 0 Å². The van der Waals surface area contributed by atoms with E-state index in [0.29, 0.717) is 18.5 Å². The normalized spacial score (nSPS) is 19.3. The Morgan fingerprint density at radius 1 is 0.967 bits per heavy atom. The number of benzene rings is 2. The number of nitrogens with one attached hydrogen (secondary N) is 1.